The molecule has 2 aromatic rings. The summed E-state index contributed by atoms with van der Waals surface area (Å²) in [6, 6.07) is 5.78. The van der Waals surface area contributed by atoms with Gasteiger partial charge in [-0.1, -0.05) is 13.8 Å². The molecule has 19 heavy (non-hydrogen) atoms. The third-order valence-electron chi connectivity index (χ3n) is 3.36. The molecule has 0 saturated carbocycles. The minimum atomic E-state index is -0.0482. The van der Waals surface area contributed by atoms with E-state index in [0.717, 1.165) is 22.9 Å². The van der Waals surface area contributed by atoms with Crippen LogP contribution in [0.3, 0.4) is 0 Å². The lowest BCUT2D eigenvalue weighted by Crippen LogP contribution is -2.19. The Labute approximate surface area is 112 Å². The largest absolute Gasteiger partial charge is 0.454 e. The van der Waals surface area contributed by atoms with Crippen LogP contribution in [0, 0.1) is 5.92 Å². The van der Waals surface area contributed by atoms with Gasteiger partial charge < -0.3 is 19.8 Å². The van der Waals surface area contributed by atoms with E-state index in [2.05, 4.69) is 18.8 Å². The van der Waals surface area contributed by atoms with Crippen molar-refractivity contribution in [2.75, 3.05) is 6.79 Å². The minimum absolute atomic E-state index is 0.0482. The number of imidazole rings is 1. The van der Waals surface area contributed by atoms with Gasteiger partial charge in [0, 0.05) is 12.1 Å². The molecule has 5 heteroatoms. The van der Waals surface area contributed by atoms with Crippen molar-refractivity contribution < 1.29 is 9.47 Å². The van der Waals surface area contributed by atoms with Crippen LogP contribution in [-0.2, 0) is 0 Å². The van der Waals surface area contributed by atoms with Crippen LogP contribution in [0.15, 0.2) is 30.7 Å². The highest BCUT2D eigenvalue weighted by molar-refractivity contribution is 5.50. The van der Waals surface area contributed by atoms with Crippen molar-refractivity contribution in [3.63, 3.8) is 0 Å². The number of hydrogen-bond donors (Lipinski definition) is 1. The van der Waals surface area contributed by atoms with Gasteiger partial charge in [0.15, 0.2) is 11.5 Å². The smallest absolute Gasteiger partial charge is 0.231 e. The van der Waals surface area contributed by atoms with Crippen molar-refractivity contribution in [2.24, 2.45) is 11.7 Å². The minimum Gasteiger partial charge on any atom is -0.454 e. The molecule has 0 saturated heterocycles. The molecular formula is C14H17N3O2. The molecule has 100 valence electrons. The Morgan fingerprint density at radius 1 is 1.26 bits per heavy atom. The van der Waals surface area contributed by atoms with E-state index in [1.807, 2.05) is 29.0 Å². The molecule has 2 heterocycles. The number of aromatic nitrogens is 2. The van der Waals surface area contributed by atoms with Crippen LogP contribution in [0.2, 0.25) is 0 Å². The summed E-state index contributed by atoms with van der Waals surface area (Å²) < 4.78 is 12.7. The van der Waals surface area contributed by atoms with E-state index < -0.39 is 0 Å². The van der Waals surface area contributed by atoms with Crippen LogP contribution in [0.25, 0.3) is 5.69 Å². The Bertz CT molecular complexity index is 592. The highest BCUT2D eigenvalue weighted by atomic mass is 16.7. The van der Waals surface area contributed by atoms with Crippen molar-refractivity contribution in [1.29, 1.82) is 0 Å². The van der Waals surface area contributed by atoms with Crippen LogP contribution in [0.4, 0.5) is 0 Å². The van der Waals surface area contributed by atoms with Gasteiger partial charge in [-0.3, -0.25) is 0 Å². The van der Waals surface area contributed by atoms with E-state index in [9.17, 15) is 0 Å². The fourth-order valence-corrected chi connectivity index (χ4v) is 2.14. The summed E-state index contributed by atoms with van der Waals surface area (Å²) in [6.07, 6.45) is 3.59. The molecule has 1 aromatic heterocycles. The molecule has 1 unspecified atom stereocenters. The zero-order chi connectivity index (χ0) is 13.4. The zero-order valence-electron chi connectivity index (χ0n) is 11.0. The molecule has 2 N–H and O–H groups in total. The van der Waals surface area contributed by atoms with Gasteiger partial charge in [-0.2, -0.15) is 0 Å². The second-order valence-corrected chi connectivity index (χ2v) is 5.00. The lowest BCUT2D eigenvalue weighted by atomic mass is 10.0. The van der Waals surface area contributed by atoms with Crippen LogP contribution in [0.1, 0.15) is 25.6 Å². The van der Waals surface area contributed by atoms with Gasteiger partial charge in [-0.25, -0.2) is 4.98 Å². The first kappa shape index (κ1) is 12.0. The highest BCUT2D eigenvalue weighted by Gasteiger charge is 2.18. The summed E-state index contributed by atoms with van der Waals surface area (Å²) in [5.41, 5.74) is 8.19. The van der Waals surface area contributed by atoms with Crippen molar-refractivity contribution in [1.82, 2.24) is 9.55 Å². The third kappa shape index (κ3) is 2.06. The summed E-state index contributed by atoms with van der Waals surface area (Å²) in [5.74, 6) is 1.89. The van der Waals surface area contributed by atoms with E-state index >= 15 is 0 Å². The third-order valence-corrected chi connectivity index (χ3v) is 3.36. The van der Waals surface area contributed by atoms with E-state index in [4.69, 9.17) is 15.2 Å². The second kappa shape index (κ2) is 4.59. The van der Waals surface area contributed by atoms with Crippen molar-refractivity contribution in [2.45, 2.75) is 19.9 Å². The van der Waals surface area contributed by atoms with Gasteiger partial charge in [0.2, 0.25) is 6.79 Å². The van der Waals surface area contributed by atoms with E-state index in [0.29, 0.717) is 5.92 Å². The van der Waals surface area contributed by atoms with Gasteiger partial charge >= 0.3 is 0 Å². The number of nitrogens with two attached hydrogens (primary N) is 1. The average Bonchev–Trinajstić information content (AvgIpc) is 3.05. The number of benzene rings is 1. The molecule has 0 spiro atoms. The molecule has 5 nitrogen and oxygen atoms in total. The predicted octanol–water partition coefficient (Wildman–Crippen LogP) is 2.26. The fraction of sp³-hybridized carbons (Fsp3) is 0.357. The molecular weight excluding hydrogens is 242 g/mol. The number of ether oxygens (including phenoxy) is 2. The summed E-state index contributed by atoms with van der Waals surface area (Å²) in [5, 5.41) is 0. The number of hydrogen-bond acceptors (Lipinski definition) is 4. The Kier molecular flexibility index (Phi) is 2.91. The fourth-order valence-electron chi connectivity index (χ4n) is 2.14. The Morgan fingerprint density at radius 3 is 2.84 bits per heavy atom. The molecule has 1 aromatic carbocycles. The van der Waals surface area contributed by atoms with Crippen molar-refractivity contribution in [3.05, 3.63) is 36.4 Å². The van der Waals surface area contributed by atoms with Crippen molar-refractivity contribution >= 4 is 0 Å². The summed E-state index contributed by atoms with van der Waals surface area (Å²) >= 11 is 0. The van der Waals surface area contributed by atoms with Gasteiger partial charge in [0.25, 0.3) is 0 Å². The van der Waals surface area contributed by atoms with Crippen LogP contribution in [0.5, 0.6) is 11.5 Å². The van der Waals surface area contributed by atoms with Gasteiger partial charge in [-0.15, -0.1) is 0 Å². The molecule has 1 aliphatic rings. The molecule has 1 atom stereocenters. The van der Waals surface area contributed by atoms with Crippen LogP contribution in [-0.4, -0.2) is 16.3 Å². The monoisotopic (exact) mass is 259 g/mol. The first-order chi connectivity index (χ1) is 9.16. The quantitative estimate of drug-likeness (QED) is 0.918. The molecule has 3 rings (SSSR count). The first-order valence-corrected chi connectivity index (χ1v) is 6.34. The Balaban J connectivity index is 2.01. The summed E-state index contributed by atoms with van der Waals surface area (Å²) in [6.45, 7) is 4.48. The van der Waals surface area contributed by atoms with E-state index in [1.165, 1.54) is 0 Å². The number of fused-ring (bicyclic) bond motifs is 1. The van der Waals surface area contributed by atoms with Gasteiger partial charge in [-0.05, 0) is 18.1 Å². The average molecular weight is 259 g/mol. The Morgan fingerprint density at radius 2 is 2.05 bits per heavy atom. The lowest BCUT2D eigenvalue weighted by molar-refractivity contribution is 0.174. The second-order valence-electron chi connectivity index (χ2n) is 5.00. The van der Waals surface area contributed by atoms with Crippen LogP contribution >= 0.6 is 0 Å². The normalized spacial score (nSPS) is 14.9. The molecule has 0 bridgehead atoms. The molecule has 1 aliphatic heterocycles. The summed E-state index contributed by atoms with van der Waals surface area (Å²) in [7, 11) is 0. The standard InChI is InChI=1S/C14H17N3O2/c1-9(2)14(15)11-6-16-7-17(11)10-3-4-12-13(5-10)19-8-18-12/h3-7,9,14H,8,15H2,1-2H3. The maximum atomic E-state index is 6.22. The van der Waals surface area contributed by atoms with E-state index in [1.54, 1.807) is 6.33 Å². The van der Waals surface area contributed by atoms with Crippen LogP contribution < -0.4 is 15.2 Å². The van der Waals surface area contributed by atoms with Crippen molar-refractivity contribution in [3.8, 4) is 17.2 Å². The number of rotatable bonds is 3. The highest BCUT2D eigenvalue weighted by Crippen LogP contribution is 2.34. The number of nitrogens with zero attached hydrogens (tertiary/aromatic N) is 2. The molecule has 0 aliphatic carbocycles. The molecule has 0 fully saturated rings. The van der Waals surface area contributed by atoms with Gasteiger partial charge in [0.05, 0.1) is 23.9 Å². The predicted molar refractivity (Wildman–Crippen MR) is 71.5 cm³/mol. The Hall–Kier alpha value is -2.01. The maximum absolute atomic E-state index is 6.22. The SMILES string of the molecule is CC(C)C(N)c1cncn1-c1ccc2c(c1)OCO2. The molecule has 0 radical (unpaired) electrons. The van der Waals surface area contributed by atoms with Gasteiger partial charge in [0.1, 0.15) is 0 Å². The summed E-state index contributed by atoms with van der Waals surface area (Å²) in [4.78, 5) is 4.21. The zero-order valence-corrected chi connectivity index (χ0v) is 11.0. The topological polar surface area (TPSA) is 62.3 Å². The lowest BCUT2D eigenvalue weighted by Gasteiger charge is -2.18. The first-order valence-electron chi connectivity index (χ1n) is 6.34. The molecule has 0 amide bonds. The van der Waals surface area contributed by atoms with E-state index in [-0.39, 0.29) is 12.8 Å². The maximum Gasteiger partial charge on any atom is 0.231 e.